The third-order valence-electron chi connectivity index (χ3n) is 4.09. The van der Waals surface area contributed by atoms with Crippen LogP contribution in [0.3, 0.4) is 0 Å². The fraction of sp³-hybridized carbons (Fsp3) is 0.600. The van der Waals surface area contributed by atoms with E-state index in [9.17, 15) is 0 Å². The lowest BCUT2D eigenvalue weighted by Crippen LogP contribution is -2.54. The Morgan fingerprint density at radius 1 is 1.37 bits per heavy atom. The summed E-state index contributed by atoms with van der Waals surface area (Å²) in [5.74, 6) is 0.949. The van der Waals surface area contributed by atoms with Gasteiger partial charge in [-0.25, -0.2) is 0 Å². The molecule has 1 aromatic rings. The SMILES string of the molecule is Cc1ccc2c(c1)OCC(N1CCOC(C)C1)C2N. The average molecular weight is 262 g/mol. The molecular formula is C15H22N2O2. The van der Waals surface area contributed by atoms with Crippen LogP contribution in [0.2, 0.25) is 0 Å². The van der Waals surface area contributed by atoms with Gasteiger partial charge in [-0.05, 0) is 25.5 Å². The summed E-state index contributed by atoms with van der Waals surface area (Å²) in [6.45, 7) is 7.51. The zero-order valence-electron chi connectivity index (χ0n) is 11.6. The second-order valence-electron chi connectivity index (χ2n) is 5.62. The van der Waals surface area contributed by atoms with Crippen molar-refractivity contribution in [2.24, 2.45) is 5.73 Å². The maximum atomic E-state index is 6.45. The number of nitrogens with zero attached hydrogens (tertiary/aromatic N) is 1. The Bertz CT molecular complexity index is 463. The largest absolute Gasteiger partial charge is 0.492 e. The molecule has 2 heterocycles. The third kappa shape index (κ3) is 2.48. The highest BCUT2D eigenvalue weighted by atomic mass is 16.5. The molecule has 2 N–H and O–H groups in total. The molecule has 0 bridgehead atoms. The fourth-order valence-corrected chi connectivity index (χ4v) is 3.01. The molecule has 4 nitrogen and oxygen atoms in total. The Labute approximate surface area is 114 Å². The molecule has 0 aliphatic carbocycles. The molecule has 1 saturated heterocycles. The van der Waals surface area contributed by atoms with Gasteiger partial charge in [-0.1, -0.05) is 12.1 Å². The van der Waals surface area contributed by atoms with Crippen LogP contribution in [0.25, 0.3) is 0 Å². The van der Waals surface area contributed by atoms with Gasteiger partial charge in [-0.3, -0.25) is 4.90 Å². The van der Waals surface area contributed by atoms with Crippen LogP contribution in [0, 0.1) is 6.92 Å². The number of ether oxygens (including phenoxy) is 2. The number of fused-ring (bicyclic) bond motifs is 1. The van der Waals surface area contributed by atoms with Gasteiger partial charge in [0, 0.05) is 18.7 Å². The van der Waals surface area contributed by atoms with Gasteiger partial charge in [-0.15, -0.1) is 0 Å². The molecule has 3 rings (SSSR count). The van der Waals surface area contributed by atoms with Crippen LogP contribution in [0.15, 0.2) is 18.2 Å². The van der Waals surface area contributed by atoms with E-state index < -0.39 is 0 Å². The molecule has 2 aliphatic heterocycles. The molecule has 0 radical (unpaired) electrons. The molecule has 0 saturated carbocycles. The molecule has 1 aromatic carbocycles. The van der Waals surface area contributed by atoms with Crippen LogP contribution in [0.1, 0.15) is 24.1 Å². The van der Waals surface area contributed by atoms with E-state index in [1.807, 2.05) is 0 Å². The van der Waals surface area contributed by atoms with E-state index in [1.165, 1.54) is 5.56 Å². The predicted octanol–water partition coefficient (Wildman–Crippen LogP) is 1.48. The van der Waals surface area contributed by atoms with Crippen molar-refractivity contribution >= 4 is 0 Å². The van der Waals surface area contributed by atoms with Gasteiger partial charge in [0.25, 0.3) is 0 Å². The summed E-state index contributed by atoms with van der Waals surface area (Å²) < 4.78 is 11.5. The summed E-state index contributed by atoms with van der Waals surface area (Å²) in [7, 11) is 0. The predicted molar refractivity (Wildman–Crippen MR) is 74.4 cm³/mol. The van der Waals surface area contributed by atoms with Crippen LogP contribution in [-0.4, -0.2) is 43.3 Å². The molecule has 1 fully saturated rings. The summed E-state index contributed by atoms with van der Waals surface area (Å²) in [5, 5.41) is 0. The Morgan fingerprint density at radius 2 is 2.21 bits per heavy atom. The molecule has 3 atom stereocenters. The number of hydrogen-bond acceptors (Lipinski definition) is 4. The van der Waals surface area contributed by atoms with Crippen molar-refractivity contribution in [3.05, 3.63) is 29.3 Å². The molecular weight excluding hydrogens is 240 g/mol. The molecule has 0 spiro atoms. The minimum Gasteiger partial charge on any atom is -0.492 e. The molecule has 4 heteroatoms. The zero-order chi connectivity index (χ0) is 13.4. The molecule has 104 valence electrons. The fourth-order valence-electron chi connectivity index (χ4n) is 3.01. The van der Waals surface area contributed by atoms with Gasteiger partial charge >= 0.3 is 0 Å². The second-order valence-corrected chi connectivity index (χ2v) is 5.62. The summed E-state index contributed by atoms with van der Waals surface area (Å²) in [6, 6.07) is 6.56. The lowest BCUT2D eigenvalue weighted by molar-refractivity contribution is -0.0478. The van der Waals surface area contributed by atoms with Gasteiger partial charge in [0.05, 0.1) is 24.8 Å². The van der Waals surface area contributed by atoms with Crippen molar-refractivity contribution in [2.45, 2.75) is 32.0 Å². The van der Waals surface area contributed by atoms with E-state index in [4.69, 9.17) is 15.2 Å². The highest BCUT2D eigenvalue weighted by molar-refractivity contribution is 5.41. The summed E-state index contributed by atoms with van der Waals surface area (Å²) in [5.41, 5.74) is 8.79. The normalized spacial score (nSPS) is 31.6. The quantitative estimate of drug-likeness (QED) is 0.833. The van der Waals surface area contributed by atoms with Crippen molar-refractivity contribution in [2.75, 3.05) is 26.3 Å². The monoisotopic (exact) mass is 262 g/mol. The van der Waals surface area contributed by atoms with Gasteiger partial charge in [0.2, 0.25) is 0 Å². The molecule has 19 heavy (non-hydrogen) atoms. The van der Waals surface area contributed by atoms with Crippen LogP contribution in [0.5, 0.6) is 5.75 Å². The molecule has 2 aliphatic rings. The summed E-state index contributed by atoms with van der Waals surface area (Å²) in [4.78, 5) is 2.40. The molecule has 0 aromatic heterocycles. The number of benzene rings is 1. The average Bonchev–Trinajstić information content (AvgIpc) is 2.39. The standard InChI is InChI=1S/C15H22N2O2/c1-10-3-4-12-14(7-10)19-9-13(15(12)16)17-5-6-18-11(2)8-17/h3-4,7,11,13,15H,5-6,8-9,16H2,1-2H3. The molecule has 0 amide bonds. The number of hydrogen-bond donors (Lipinski definition) is 1. The van der Waals surface area contributed by atoms with Crippen LogP contribution in [0.4, 0.5) is 0 Å². The molecule has 3 unspecified atom stereocenters. The Kier molecular flexibility index (Phi) is 3.48. The van der Waals surface area contributed by atoms with Gasteiger partial charge in [0.1, 0.15) is 12.4 Å². The van der Waals surface area contributed by atoms with Gasteiger partial charge < -0.3 is 15.2 Å². The second kappa shape index (κ2) is 5.12. The lowest BCUT2D eigenvalue weighted by Gasteiger charge is -2.42. The first-order valence-electron chi connectivity index (χ1n) is 7.00. The first-order chi connectivity index (χ1) is 9.15. The van der Waals surface area contributed by atoms with Crippen molar-refractivity contribution in [3.8, 4) is 5.75 Å². The first kappa shape index (κ1) is 12.9. The first-order valence-corrected chi connectivity index (χ1v) is 7.00. The third-order valence-corrected chi connectivity index (χ3v) is 4.09. The minimum absolute atomic E-state index is 0.0228. The zero-order valence-corrected chi connectivity index (χ0v) is 11.6. The Morgan fingerprint density at radius 3 is 3.00 bits per heavy atom. The van der Waals surface area contributed by atoms with Gasteiger partial charge in [-0.2, -0.15) is 0 Å². The van der Waals surface area contributed by atoms with E-state index >= 15 is 0 Å². The topological polar surface area (TPSA) is 47.7 Å². The summed E-state index contributed by atoms with van der Waals surface area (Å²) >= 11 is 0. The number of morpholine rings is 1. The van der Waals surface area contributed by atoms with Crippen LogP contribution < -0.4 is 10.5 Å². The van der Waals surface area contributed by atoms with E-state index in [1.54, 1.807) is 0 Å². The number of nitrogens with two attached hydrogens (primary N) is 1. The van der Waals surface area contributed by atoms with Crippen molar-refractivity contribution in [3.63, 3.8) is 0 Å². The van der Waals surface area contributed by atoms with Crippen molar-refractivity contribution in [1.29, 1.82) is 0 Å². The minimum atomic E-state index is 0.0228. The lowest BCUT2D eigenvalue weighted by atomic mass is 9.94. The van der Waals surface area contributed by atoms with E-state index in [2.05, 4.69) is 36.9 Å². The Balaban J connectivity index is 1.81. The highest BCUT2D eigenvalue weighted by Gasteiger charge is 2.34. The van der Waals surface area contributed by atoms with Crippen molar-refractivity contribution < 1.29 is 9.47 Å². The van der Waals surface area contributed by atoms with E-state index in [-0.39, 0.29) is 18.2 Å². The van der Waals surface area contributed by atoms with Crippen LogP contribution in [-0.2, 0) is 4.74 Å². The number of rotatable bonds is 1. The number of aryl methyl sites for hydroxylation is 1. The van der Waals surface area contributed by atoms with E-state index in [0.29, 0.717) is 6.61 Å². The van der Waals surface area contributed by atoms with Crippen molar-refractivity contribution in [1.82, 2.24) is 4.90 Å². The Hall–Kier alpha value is -1.10. The summed E-state index contributed by atoms with van der Waals surface area (Å²) in [6.07, 6.45) is 0.278. The highest BCUT2D eigenvalue weighted by Crippen LogP contribution is 2.33. The smallest absolute Gasteiger partial charge is 0.124 e. The van der Waals surface area contributed by atoms with Gasteiger partial charge in [0.15, 0.2) is 0 Å². The maximum Gasteiger partial charge on any atom is 0.124 e. The van der Waals surface area contributed by atoms with E-state index in [0.717, 1.165) is 31.0 Å². The van der Waals surface area contributed by atoms with Crippen LogP contribution >= 0.6 is 0 Å². The maximum absolute atomic E-state index is 6.45.